The van der Waals surface area contributed by atoms with E-state index in [0.717, 1.165) is 41.5 Å². The first-order valence-electron chi connectivity index (χ1n) is 13.2. The number of halogens is 1. The lowest BCUT2D eigenvalue weighted by Crippen LogP contribution is -2.37. The number of nitrogens with zero attached hydrogens (tertiary/aromatic N) is 2. The monoisotopic (exact) mass is 558 g/mol. The molecule has 1 aliphatic heterocycles. The van der Waals surface area contributed by atoms with E-state index in [1.807, 2.05) is 30.0 Å². The van der Waals surface area contributed by atoms with E-state index in [1.54, 1.807) is 0 Å². The summed E-state index contributed by atoms with van der Waals surface area (Å²) in [6, 6.07) is 14.0. The molecule has 4 rings (SSSR count). The zero-order valence-electron chi connectivity index (χ0n) is 23.0. The van der Waals surface area contributed by atoms with Gasteiger partial charge in [-0.2, -0.15) is 0 Å². The average molecular weight is 559 g/mol. The summed E-state index contributed by atoms with van der Waals surface area (Å²) >= 11 is 7.99. The molecule has 3 aromatic rings. The Morgan fingerprint density at radius 2 is 1.84 bits per heavy atom. The van der Waals surface area contributed by atoms with Gasteiger partial charge in [0.1, 0.15) is 12.4 Å². The first-order valence-corrected chi connectivity index (χ1v) is 14.4. The summed E-state index contributed by atoms with van der Waals surface area (Å²) in [4.78, 5) is 14.2. The van der Waals surface area contributed by atoms with Crippen molar-refractivity contribution in [2.24, 2.45) is 5.41 Å². The van der Waals surface area contributed by atoms with Gasteiger partial charge in [0.05, 0.1) is 6.04 Å². The van der Waals surface area contributed by atoms with E-state index in [0.29, 0.717) is 24.7 Å². The molecule has 1 aliphatic rings. The van der Waals surface area contributed by atoms with Crippen LogP contribution >= 0.6 is 23.4 Å². The zero-order valence-corrected chi connectivity index (χ0v) is 24.5. The number of carboxylic acid groups (broad SMARTS) is 1. The molecule has 38 heavy (non-hydrogen) atoms. The highest BCUT2D eigenvalue weighted by molar-refractivity contribution is 8.00. The normalized spacial score (nSPS) is 16.4. The maximum atomic E-state index is 11.6. The third-order valence-electron chi connectivity index (χ3n) is 6.89. The van der Waals surface area contributed by atoms with Gasteiger partial charge in [-0.1, -0.05) is 58.4 Å². The summed E-state index contributed by atoms with van der Waals surface area (Å²) in [5.41, 5.74) is 3.16. The van der Waals surface area contributed by atoms with E-state index < -0.39 is 6.09 Å². The largest absolute Gasteiger partial charge is 0.491 e. The third-order valence-corrected chi connectivity index (χ3v) is 8.42. The van der Waals surface area contributed by atoms with Crippen LogP contribution < -0.4 is 4.74 Å². The number of hydrogen-bond acceptors (Lipinski definition) is 4. The molecule has 6 nitrogen and oxygen atoms in total. The first kappa shape index (κ1) is 28.7. The molecule has 0 aliphatic carbocycles. The van der Waals surface area contributed by atoms with Crippen molar-refractivity contribution in [1.29, 1.82) is 0 Å². The number of aromatic nitrogens is 1. The van der Waals surface area contributed by atoms with Gasteiger partial charge in [-0.05, 0) is 60.6 Å². The summed E-state index contributed by atoms with van der Waals surface area (Å²) in [5.74, 6) is 0.738. The number of fused-ring (bicyclic) bond motifs is 1. The summed E-state index contributed by atoms with van der Waals surface area (Å²) < 4.78 is 8.52. The van der Waals surface area contributed by atoms with E-state index in [2.05, 4.69) is 63.5 Å². The molecule has 1 fully saturated rings. The smallest absolute Gasteiger partial charge is 0.407 e. The number of carbonyl (C=O) groups is 1. The predicted octanol–water partition coefficient (Wildman–Crippen LogP) is 7.32. The molecule has 2 N–H and O–H groups in total. The highest BCUT2D eigenvalue weighted by atomic mass is 35.5. The lowest BCUT2D eigenvalue weighted by atomic mass is 9.89. The highest BCUT2D eigenvalue weighted by Crippen LogP contribution is 2.44. The second-order valence-electron chi connectivity index (χ2n) is 12.0. The van der Waals surface area contributed by atoms with E-state index in [4.69, 9.17) is 16.3 Å². The fourth-order valence-electron chi connectivity index (χ4n) is 4.96. The van der Waals surface area contributed by atoms with Gasteiger partial charge in [-0.3, -0.25) is 0 Å². The molecule has 2 heterocycles. The molecular formula is C30H39ClN2O4S. The number of amides is 1. The number of hydrogen-bond donors (Lipinski definition) is 2. The SMILES string of the molecule is CC(C)(CO)Cc1c(SC(C)(C)C)c2cc(OC[C@@H]3CCCN3C(=O)O)ccc2n1Cc1ccc(Cl)cc1. The molecule has 0 spiro atoms. The standard InChI is InChI=1S/C30H39ClN2O4S/c1-29(2,3)38-27-24-15-23(37-18-22-7-6-14-32(22)28(35)36)12-13-25(24)33(26(27)16-30(4,5)19-34)17-20-8-10-21(31)11-9-20/h8-13,15,22,34H,6-7,14,16-19H2,1-5H3,(H,35,36)/t22-/m0/s1. The Labute approximate surface area is 234 Å². The van der Waals surface area contributed by atoms with Crippen LogP contribution in [0, 0.1) is 5.41 Å². The molecule has 8 heteroatoms. The lowest BCUT2D eigenvalue weighted by Gasteiger charge is -2.25. The minimum absolute atomic E-state index is 0.0276. The van der Waals surface area contributed by atoms with Crippen molar-refractivity contribution < 1.29 is 19.7 Å². The zero-order chi connectivity index (χ0) is 27.7. The summed E-state index contributed by atoms with van der Waals surface area (Å²) in [5, 5.41) is 21.5. The number of benzene rings is 2. The third kappa shape index (κ3) is 6.80. The van der Waals surface area contributed by atoms with Gasteiger partial charge in [-0.25, -0.2) is 4.79 Å². The molecule has 206 valence electrons. The Bertz CT molecular complexity index is 1280. The molecule has 0 bridgehead atoms. The van der Waals surface area contributed by atoms with Crippen molar-refractivity contribution in [3.63, 3.8) is 0 Å². The molecule has 0 radical (unpaired) electrons. The Balaban J connectivity index is 1.78. The first-order chi connectivity index (χ1) is 17.9. The molecular weight excluding hydrogens is 520 g/mol. The fraction of sp³-hybridized carbons (Fsp3) is 0.500. The number of aliphatic hydroxyl groups excluding tert-OH is 1. The van der Waals surface area contributed by atoms with Crippen molar-refractivity contribution in [1.82, 2.24) is 9.47 Å². The molecule has 1 amide bonds. The van der Waals surface area contributed by atoms with Crippen LogP contribution in [-0.4, -0.2) is 56.3 Å². The van der Waals surface area contributed by atoms with E-state index in [-0.39, 0.29) is 22.8 Å². The van der Waals surface area contributed by atoms with Crippen LogP contribution in [0.3, 0.4) is 0 Å². The van der Waals surface area contributed by atoms with Crippen LogP contribution in [0.2, 0.25) is 5.02 Å². The van der Waals surface area contributed by atoms with E-state index in [1.165, 1.54) is 15.5 Å². The van der Waals surface area contributed by atoms with Crippen LogP contribution in [0.5, 0.6) is 5.75 Å². The van der Waals surface area contributed by atoms with Gasteiger partial charge in [0, 0.05) is 51.0 Å². The predicted molar refractivity (Wildman–Crippen MR) is 156 cm³/mol. The van der Waals surface area contributed by atoms with E-state index in [9.17, 15) is 15.0 Å². The lowest BCUT2D eigenvalue weighted by molar-refractivity contribution is 0.123. The second kappa shape index (κ2) is 11.4. The Hall–Kier alpha value is -2.35. The van der Waals surface area contributed by atoms with E-state index >= 15 is 0 Å². The molecule has 1 aromatic heterocycles. The number of thioether (sulfide) groups is 1. The fourth-order valence-corrected chi connectivity index (χ4v) is 6.27. The quantitative estimate of drug-likeness (QED) is 0.269. The van der Waals surface area contributed by atoms with Crippen molar-refractivity contribution in [2.45, 2.75) is 76.1 Å². The van der Waals surface area contributed by atoms with Crippen LogP contribution in [0.25, 0.3) is 10.9 Å². The molecule has 2 aromatic carbocycles. The van der Waals surface area contributed by atoms with Crippen molar-refractivity contribution in [2.75, 3.05) is 19.8 Å². The minimum Gasteiger partial charge on any atom is -0.491 e. The number of aliphatic hydroxyl groups is 1. The Morgan fingerprint density at radius 3 is 2.47 bits per heavy atom. The minimum atomic E-state index is -0.883. The van der Waals surface area contributed by atoms with Gasteiger partial charge in [-0.15, -0.1) is 11.8 Å². The van der Waals surface area contributed by atoms with Crippen molar-refractivity contribution >= 4 is 40.4 Å². The van der Waals surface area contributed by atoms with Gasteiger partial charge in [0.25, 0.3) is 0 Å². The number of ether oxygens (including phenoxy) is 1. The van der Waals surface area contributed by atoms with Gasteiger partial charge < -0.3 is 24.4 Å². The molecule has 0 unspecified atom stereocenters. The van der Waals surface area contributed by atoms with Gasteiger partial charge in [0.15, 0.2) is 0 Å². The molecule has 0 saturated carbocycles. The summed E-state index contributed by atoms with van der Waals surface area (Å²) in [7, 11) is 0. The van der Waals surface area contributed by atoms with Gasteiger partial charge in [0.2, 0.25) is 0 Å². The van der Waals surface area contributed by atoms with Crippen LogP contribution in [0.1, 0.15) is 58.7 Å². The molecule has 1 atom stereocenters. The number of likely N-dealkylation sites (tertiary alicyclic amines) is 1. The Morgan fingerprint density at radius 1 is 1.13 bits per heavy atom. The van der Waals surface area contributed by atoms with Crippen LogP contribution in [-0.2, 0) is 13.0 Å². The maximum Gasteiger partial charge on any atom is 0.407 e. The summed E-state index contributed by atoms with van der Waals surface area (Å²) in [6.45, 7) is 12.5. The topological polar surface area (TPSA) is 74.9 Å². The summed E-state index contributed by atoms with van der Waals surface area (Å²) in [6.07, 6.45) is 1.52. The van der Waals surface area contributed by atoms with Crippen molar-refractivity contribution in [3.8, 4) is 5.75 Å². The highest BCUT2D eigenvalue weighted by Gasteiger charge is 2.30. The molecule has 1 saturated heterocycles. The maximum absolute atomic E-state index is 11.6. The van der Waals surface area contributed by atoms with Crippen LogP contribution in [0.15, 0.2) is 47.4 Å². The second-order valence-corrected chi connectivity index (χ2v) is 14.2. The van der Waals surface area contributed by atoms with Crippen molar-refractivity contribution in [3.05, 3.63) is 58.7 Å². The average Bonchev–Trinajstić information content (AvgIpc) is 3.42. The number of rotatable bonds is 9. The Kier molecular flexibility index (Phi) is 8.60. The van der Waals surface area contributed by atoms with Crippen LogP contribution in [0.4, 0.5) is 4.79 Å². The van der Waals surface area contributed by atoms with Gasteiger partial charge >= 0.3 is 6.09 Å².